The van der Waals surface area contributed by atoms with Gasteiger partial charge in [-0.3, -0.25) is 4.79 Å². The number of likely N-dealkylation sites (tertiary alicyclic amines) is 1. The van der Waals surface area contributed by atoms with Crippen LogP contribution in [-0.4, -0.2) is 65.4 Å². The average Bonchev–Trinajstić information content (AvgIpc) is 3.18. The van der Waals surface area contributed by atoms with Gasteiger partial charge < -0.3 is 19.1 Å². The lowest BCUT2D eigenvalue weighted by atomic mass is 10.0. The second kappa shape index (κ2) is 6.42. The van der Waals surface area contributed by atoms with Crippen LogP contribution in [0.15, 0.2) is 22.8 Å². The fourth-order valence-corrected chi connectivity index (χ4v) is 3.35. The van der Waals surface area contributed by atoms with Crippen molar-refractivity contribution in [2.24, 2.45) is 0 Å². The van der Waals surface area contributed by atoms with Gasteiger partial charge in [0.2, 0.25) is 0 Å². The molecule has 1 aromatic heterocycles. The largest absolute Gasteiger partial charge is 0.459 e. The standard InChI is InChI=1S/C16H23N3O3/c1-2-7-18-10-11-19(16(18)21)13-5-8-17(9-6-13)15(20)14-4-3-12-22-14/h3-4,12-13H,2,5-11H2,1H3. The molecule has 0 aliphatic carbocycles. The Hall–Kier alpha value is -1.98. The van der Waals surface area contributed by atoms with E-state index in [9.17, 15) is 9.59 Å². The minimum atomic E-state index is -0.0520. The van der Waals surface area contributed by atoms with Crippen LogP contribution in [0.4, 0.5) is 4.79 Å². The molecular weight excluding hydrogens is 282 g/mol. The summed E-state index contributed by atoms with van der Waals surface area (Å²) in [5, 5.41) is 0. The van der Waals surface area contributed by atoms with E-state index in [4.69, 9.17) is 4.42 Å². The third-order valence-electron chi connectivity index (χ3n) is 4.54. The minimum Gasteiger partial charge on any atom is -0.459 e. The van der Waals surface area contributed by atoms with Crippen molar-refractivity contribution in [1.29, 1.82) is 0 Å². The molecule has 0 radical (unpaired) electrons. The molecule has 0 saturated carbocycles. The van der Waals surface area contributed by atoms with Crippen molar-refractivity contribution in [2.45, 2.75) is 32.2 Å². The smallest absolute Gasteiger partial charge is 0.320 e. The van der Waals surface area contributed by atoms with Gasteiger partial charge in [0.25, 0.3) is 5.91 Å². The minimum absolute atomic E-state index is 0.0520. The van der Waals surface area contributed by atoms with Crippen LogP contribution < -0.4 is 0 Å². The van der Waals surface area contributed by atoms with E-state index in [-0.39, 0.29) is 18.0 Å². The second-order valence-corrected chi connectivity index (χ2v) is 5.96. The first-order chi connectivity index (χ1) is 10.7. The number of carbonyl (C=O) groups excluding carboxylic acids is 2. The van der Waals surface area contributed by atoms with Crippen molar-refractivity contribution in [1.82, 2.24) is 14.7 Å². The third kappa shape index (κ3) is 2.82. The van der Waals surface area contributed by atoms with Gasteiger partial charge in [-0.1, -0.05) is 6.92 Å². The van der Waals surface area contributed by atoms with E-state index >= 15 is 0 Å². The van der Waals surface area contributed by atoms with Crippen LogP contribution in [-0.2, 0) is 0 Å². The van der Waals surface area contributed by atoms with Gasteiger partial charge in [-0.05, 0) is 31.4 Å². The van der Waals surface area contributed by atoms with E-state index in [2.05, 4.69) is 6.92 Å². The molecule has 22 heavy (non-hydrogen) atoms. The van der Waals surface area contributed by atoms with E-state index in [1.165, 1.54) is 6.26 Å². The zero-order chi connectivity index (χ0) is 15.5. The van der Waals surface area contributed by atoms with E-state index in [0.29, 0.717) is 18.8 Å². The van der Waals surface area contributed by atoms with Gasteiger partial charge in [0.1, 0.15) is 0 Å². The number of nitrogens with zero attached hydrogens (tertiary/aromatic N) is 3. The number of hydrogen-bond acceptors (Lipinski definition) is 3. The SMILES string of the molecule is CCCN1CCN(C2CCN(C(=O)c3ccco3)CC2)C1=O. The zero-order valence-electron chi connectivity index (χ0n) is 13.0. The van der Waals surface area contributed by atoms with E-state index in [0.717, 1.165) is 38.9 Å². The molecule has 2 aliphatic heterocycles. The van der Waals surface area contributed by atoms with Gasteiger partial charge in [0.05, 0.1) is 6.26 Å². The maximum Gasteiger partial charge on any atom is 0.320 e. The molecule has 3 amide bonds. The third-order valence-corrected chi connectivity index (χ3v) is 4.54. The molecule has 0 aromatic carbocycles. The molecule has 0 N–H and O–H groups in total. The van der Waals surface area contributed by atoms with Gasteiger partial charge in [-0.25, -0.2) is 4.79 Å². The number of carbonyl (C=O) groups is 2. The maximum absolute atomic E-state index is 12.4. The fourth-order valence-electron chi connectivity index (χ4n) is 3.35. The number of amides is 3. The summed E-state index contributed by atoms with van der Waals surface area (Å²) in [5.74, 6) is 0.341. The van der Waals surface area contributed by atoms with Gasteiger partial charge >= 0.3 is 6.03 Å². The fraction of sp³-hybridized carbons (Fsp3) is 0.625. The van der Waals surface area contributed by atoms with Gasteiger partial charge in [-0.15, -0.1) is 0 Å². The first kappa shape index (κ1) is 14.9. The first-order valence-corrected chi connectivity index (χ1v) is 8.09. The predicted octanol–water partition coefficient (Wildman–Crippen LogP) is 2.03. The lowest BCUT2D eigenvalue weighted by molar-refractivity contribution is 0.0632. The molecule has 2 fully saturated rings. The Morgan fingerprint density at radius 3 is 2.68 bits per heavy atom. The van der Waals surface area contributed by atoms with Crippen molar-refractivity contribution >= 4 is 11.9 Å². The van der Waals surface area contributed by atoms with E-state index in [1.807, 2.05) is 14.7 Å². The Bertz CT molecular complexity index is 521. The normalized spacial score (nSPS) is 20.0. The molecule has 3 heterocycles. The predicted molar refractivity (Wildman–Crippen MR) is 81.6 cm³/mol. The van der Waals surface area contributed by atoms with Crippen molar-refractivity contribution in [3.63, 3.8) is 0 Å². The monoisotopic (exact) mass is 305 g/mol. The van der Waals surface area contributed by atoms with Crippen molar-refractivity contribution < 1.29 is 14.0 Å². The van der Waals surface area contributed by atoms with Crippen LogP contribution in [0.5, 0.6) is 0 Å². The number of hydrogen-bond donors (Lipinski definition) is 0. The molecule has 0 spiro atoms. The van der Waals surface area contributed by atoms with E-state index < -0.39 is 0 Å². The Kier molecular flexibility index (Phi) is 4.36. The number of urea groups is 1. The maximum atomic E-state index is 12.4. The topological polar surface area (TPSA) is 57.0 Å². The Balaban J connectivity index is 1.54. The van der Waals surface area contributed by atoms with Crippen LogP contribution in [0.25, 0.3) is 0 Å². The lowest BCUT2D eigenvalue weighted by Crippen LogP contribution is -2.48. The highest BCUT2D eigenvalue weighted by atomic mass is 16.3. The van der Waals surface area contributed by atoms with Crippen LogP contribution >= 0.6 is 0 Å². The van der Waals surface area contributed by atoms with Crippen molar-refractivity contribution in [3.05, 3.63) is 24.2 Å². The van der Waals surface area contributed by atoms with Crippen LogP contribution in [0.1, 0.15) is 36.7 Å². The summed E-state index contributed by atoms with van der Waals surface area (Å²) in [6, 6.07) is 3.85. The highest BCUT2D eigenvalue weighted by Gasteiger charge is 2.35. The molecule has 3 rings (SSSR count). The van der Waals surface area contributed by atoms with Gasteiger partial charge in [0, 0.05) is 38.8 Å². The summed E-state index contributed by atoms with van der Waals surface area (Å²) in [4.78, 5) is 30.3. The molecule has 120 valence electrons. The quantitative estimate of drug-likeness (QED) is 0.855. The molecule has 0 atom stereocenters. The van der Waals surface area contributed by atoms with E-state index in [1.54, 1.807) is 12.1 Å². The first-order valence-electron chi connectivity index (χ1n) is 8.09. The molecule has 2 saturated heterocycles. The summed E-state index contributed by atoms with van der Waals surface area (Å²) in [5.41, 5.74) is 0. The zero-order valence-corrected chi connectivity index (χ0v) is 13.0. The van der Waals surface area contributed by atoms with Gasteiger partial charge in [0.15, 0.2) is 5.76 Å². The van der Waals surface area contributed by atoms with Crippen LogP contribution in [0, 0.1) is 0 Å². The molecule has 0 bridgehead atoms. The summed E-state index contributed by atoms with van der Waals surface area (Å²) >= 11 is 0. The number of furan rings is 1. The number of rotatable bonds is 4. The number of piperidine rings is 1. The van der Waals surface area contributed by atoms with Crippen molar-refractivity contribution in [2.75, 3.05) is 32.7 Å². The summed E-state index contributed by atoms with van der Waals surface area (Å²) < 4.78 is 5.17. The molecule has 1 aromatic rings. The Morgan fingerprint density at radius 2 is 2.05 bits per heavy atom. The lowest BCUT2D eigenvalue weighted by Gasteiger charge is -2.36. The van der Waals surface area contributed by atoms with Gasteiger partial charge in [-0.2, -0.15) is 0 Å². The summed E-state index contributed by atoms with van der Waals surface area (Å²) in [6.45, 7) is 5.94. The van der Waals surface area contributed by atoms with Crippen LogP contribution in [0.3, 0.4) is 0 Å². The van der Waals surface area contributed by atoms with Crippen LogP contribution in [0.2, 0.25) is 0 Å². The second-order valence-electron chi connectivity index (χ2n) is 5.96. The molecular formula is C16H23N3O3. The Morgan fingerprint density at radius 1 is 1.27 bits per heavy atom. The summed E-state index contributed by atoms with van der Waals surface area (Å²) in [6.07, 6.45) is 4.21. The molecule has 0 unspecified atom stereocenters. The molecule has 6 nitrogen and oxygen atoms in total. The highest BCUT2D eigenvalue weighted by Crippen LogP contribution is 2.22. The molecule has 6 heteroatoms. The molecule has 2 aliphatic rings. The highest BCUT2D eigenvalue weighted by molar-refractivity contribution is 5.91. The average molecular weight is 305 g/mol. The van der Waals surface area contributed by atoms with Crippen molar-refractivity contribution in [3.8, 4) is 0 Å². The Labute approximate surface area is 130 Å². The summed E-state index contributed by atoms with van der Waals surface area (Å²) in [7, 11) is 0.